The Bertz CT molecular complexity index is 1100. The molecule has 0 saturated heterocycles. The molecule has 2 aromatic heterocycles. The van der Waals surface area contributed by atoms with Gasteiger partial charge in [0, 0.05) is 0 Å². The average molecular weight is 407 g/mol. The number of rotatable bonds is 2. The molecular formula is C23H24N2Se. The second-order valence-corrected chi connectivity index (χ2v) is 10.7. The summed E-state index contributed by atoms with van der Waals surface area (Å²) in [6, 6.07) is 13.2. The van der Waals surface area contributed by atoms with Gasteiger partial charge in [0.15, 0.2) is 0 Å². The minimum atomic E-state index is 0.282. The molecule has 26 heavy (non-hydrogen) atoms. The van der Waals surface area contributed by atoms with Crippen LogP contribution in [0.5, 0.6) is 0 Å². The number of pyridine rings is 1. The molecule has 0 saturated carbocycles. The van der Waals surface area contributed by atoms with E-state index in [-0.39, 0.29) is 5.41 Å². The van der Waals surface area contributed by atoms with Crippen molar-refractivity contribution < 1.29 is 0 Å². The molecule has 132 valence electrons. The summed E-state index contributed by atoms with van der Waals surface area (Å²) in [4.78, 5) is 9.67. The van der Waals surface area contributed by atoms with Crippen molar-refractivity contribution in [2.24, 2.45) is 5.41 Å². The van der Waals surface area contributed by atoms with Gasteiger partial charge < -0.3 is 0 Å². The molecule has 0 atom stereocenters. The van der Waals surface area contributed by atoms with Crippen LogP contribution in [0.3, 0.4) is 0 Å². The van der Waals surface area contributed by atoms with Crippen molar-refractivity contribution in [1.82, 2.24) is 9.97 Å². The summed E-state index contributed by atoms with van der Waals surface area (Å²) < 4.78 is 2.78. The zero-order valence-corrected chi connectivity index (χ0v) is 17.8. The van der Waals surface area contributed by atoms with Crippen LogP contribution < -0.4 is 0 Å². The molecule has 0 N–H and O–H groups in total. The van der Waals surface area contributed by atoms with Crippen LogP contribution >= 0.6 is 0 Å². The van der Waals surface area contributed by atoms with Gasteiger partial charge in [0.1, 0.15) is 0 Å². The molecule has 0 aliphatic heterocycles. The third-order valence-corrected chi connectivity index (χ3v) is 6.81. The van der Waals surface area contributed by atoms with Crippen LogP contribution in [0.1, 0.15) is 36.5 Å². The van der Waals surface area contributed by atoms with Gasteiger partial charge >= 0.3 is 161 Å². The molecule has 0 spiro atoms. The maximum absolute atomic E-state index is 4.94. The van der Waals surface area contributed by atoms with Crippen molar-refractivity contribution in [3.05, 3.63) is 58.3 Å². The first-order valence-electron chi connectivity index (χ1n) is 9.05. The van der Waals surface area contributed by atoms with Crippen LogP contribution in [-0.4, -0.2) is 24.5 Å². The van der Waals surface area contributed by atoms with Crippen LogP contribution in [0.2, 0.25) is 0 Å². The van der Waals surface area contributed by atoms with Crippen molar-refractivity contribution in [2.45, 2.75) is 41.0 Å². The molecule has 0 aliphatic carbocycles. The number of fused-ring (bicyclic) bond motifs is 3. The van der Waals surface area contributed by atoms with Gasteiger partial charge in [0.25, 0.3) is 0 Å². The van der Waals surface area contributed by atoms with Crippen molar-refractivity contribution >= 4 is 35.1 Å². The van der Waals surface area contributed by atoms with Crippen LogP contribution in [0, 0.1) is 19.3 Å². The van der Waals surface area contributed by atoms with Gasteiger partial charge in [-0.25, -0.2) is 0 Å². The van der Waals surface area contributed by atoms with Crippen LogP contribution in [0.25, 0.3) is 31.8 Å². The molecule has 0 aliphatic rings. The molecule has 0 bridgehead atoms. The van der Waals surface area contributed by atoms with E-state index < -0.39 is 0 Å². The second kappa shape index (κ2) is 6.33. The van der Waals surface area contributed by atoms with Crippen LogP contribution in [0.4, 0.5) is 0 Å². The fourth-order valence-corrected chi connectivity index (χ4v) is 6.37. The topological polar surface area (TPSA) is 25.8 Å². The summed E-state index contributed by atoms with van der Waals surface area (Å²) in [7, 11) is 0. The van der Waals surface area contributed by atoms with Crippen LogP contribution in [-0.2, 0) is 6.42 Å². The molecule has 2 heterocycles. The maximum atomic E-state index is 4.94. The summed E-state index contributed by atoms with van der Waals surface area (Å²) in [5, 5.41) is 2.53. The summed E-state index contributed by atoms with van der Waals surface area (Å²) in [6.45, 7) is 11.1. The average Bonchev–Trinajstić information content (AvgIpc) is 2.94. The van der Waals surface area contributed by atoms with Gasteiger partial charge in [-0.05, 0) is 0 Å². The molecule has 2 nitrogen and oxygen atoms in total. The van der Waals surface area contributed by atoms with Gasteiger partial charge in [0.2, 0.25) is 0 Å². The van der Waals surface area contributed by atoms with Gasteiger partial charge in [-0.2, -0.15) is 0 Å². The Morgan fingerprint density at radius 2 is 1.69 bits per heavy atom. The standard InChI is InChI=1S/C23H24N2Se/c1-14-8-15(2)10-17(9-14)20-11-18-16(13-24-20)6-7-19-22(18)26-21(25-19)12-23(3,4)5/h6-11,13H,12H2,1-5H3. The predicted octanol–water partition coefficient (Wildman–Crippen LogP) is 5.71. The van der Waals surface area contributed by atoms with E-state index in [1.807, 2.05) is 6.20 Å². The molecule has 0 unspecified atom stereocenters. The molecule has 2 aromatic carbocycles. The molecule has 4 rings (SSSR count). The molecule has 4 aromatic rings. The predicted molar refractivity (Wildman–Crippen MR) is 112 cm³/mol. The van der Waals surface area contributed by atoms with Gasteiger partial charge in [-0.1, -0.05) is 0 Å². The number of nitrogens with zero attached hydrogens (tertiary/aromatic N) is 2. The fraction of sp³-hybridized carbons (Fsp3) is 0.304. The quantitative estimate of drug-likeness (QED) is 0.398. The normalized spacial score (nSPS) is 12.2. The summed E-state index contributed by atoms with van der Waals surface area (Å²) >= 11 is 0.309. The molecule has 3 heteroatoms. The Kier molecular flexibility index (Phi) is 4.25. The first-order chi connectivity index (χ1) is 12.3. The van der Waals surface area contributed by atoms with Gasteiger partial charge in [-0.15, -0.1) is 0 Å². The first kappa shape index (κ1) is 17.5. The molecule has 0 fully saturated rings. The number of hydrogen-bond donors (Lipinski definition) is 0. The minimum absolute atomic E-state index is 0.282. The van der Waals surface area contributed by atoms with Crippen molar-refractivity contribution in [3.63, 3.8) is 0 Å². The summed E-state index contributed by atoms with van der Waals surface area (Å²) in [5.41, 5.74) is 6.25. The number of hydrogen-bond acceptors (Lipinski definition) is 2. The van der Waals surface area contributed by atoms with E-state index in [1.54, 1.807) is 0 Å². The number of aryl methyl sites for hydroxylation is 2. The summed E-state index contributed by atoms with van der Waals surface area (Å²) in [5.74, 6) is 0. The zero-order chi connectivity index (χ0) is 18.5. The van der Waals surface area contributed by atoms with E-state index >= 15 is 0 Å². The monoisotopic (exact) mass is 408 g/mol. The van der Waals surface area contributed by atoms with Crippen molar-refractivity contribution in [2.75, 3.05) is 0 Å². The first-order valence-corrected chi connectivity index (χ1v) is 10.8. The fourth-order valence-electron chi connectivity index (χ4n) is 3.46. The SMILES string of the molecule is Cc1cc(C)cc(-c2cc3c(ccc4nc(CC(C)(C)C)[se]c43)cn2)c1. The van der Waals surface area contributed by atoms with E-state index in [0.717, 1.165) is 17.6 Å². The molecule has 0 amide bonds. The van der Waals surface area contributed by atoms with E-state index in [1.165, 1.54) is 36.3 Å². The third-order valence-electron chi connectivity index (χ3n) is 4.50. The summed E-state index contributed by atoms with van der Waals surface area (Å²) in [6.07, 6.45) is 3.08. The zero-order valence-electron chi connectivity index (χ0n) is 16.1. The third kappa shape index (κ3) is 3.47. The Balaban J connectivity index is 1.89. The molecular weight excluding hydrogens is 383 g/mol. The number of benzene rings is 2. The van der Waals surface area contributed by atoms with E-state index in [4.69, 9.17) is 9.97 Å². The van der Waals surface area contributed by atoms with Crippen molar-refractivity contribution in [1.29, 1.82) is 0 Å². The van der Waals surface area contributed by atoms with Crippen molar-refractivity contribution in [3.8, 4) is 11.3 Å². The Labute approximate surface area is 161 Å². The Morgan fingerprint density at radius 3 is 2.38 bits per heavy atom. The van der Waals surface area contributed by atoms with E-state index in [0.29, 0.717) is 14.5 Å². The Hall–Kier alpha value is -1.96. The van der Waals surface area contributed by atoms with E-state index in [2.05, 4.69) is 71.0 Å². The molecule has 0 radical (unpaired) electrons. The van der Waals surface area contributed by atoms with Gasteiger partial charge in [-0.3, -0.25) is 0 Å². The van der Waals surface area contributed by atoms with Gasteiger partial charge in [0.05, 0.1) is 0 Å². The second-order valence-electron chi connectivity index (χ2n) is 8.43. The number of aromatic nitrogens is 2. The van der Waals surface area contributed by atoms with E-state index in [9.17, 15) is 0 Å². The Morgan fingerprint density at radius 1 is 0.962 bits per heavy atom. The van der Waals surface area contributed by atoms with Crippen LogP contribution in [0.15, 0.2) is 42.6 Å².